The molecule has 0 saturated heterocycles. The van der Waals surface area contributed by atoms with E-state index in [4.69, 9.17) is 0 Å². The molecule has 2 rings (SSSR count). The zero-order valence-electron chi connectivity index (χ0n) is 10.9. The topological polar surface area (TPSA) is 61.4 Å². The molecule has 2 N–H and O–H groups in total. The smallest absolute Gasteiger partial charge is 0.321 e. The van der Waals surface area contributed by atoms with E-state index in [2.05, 4.69) is 32.6 Å². The maximum absolute atomic E-state index is 11.9. The van der Waals surface area contributed by atoms with Crippen LogP contribution in [0.5, 0.6) is 0 Å². The van der Waals surface area contributed by atoms with Crippen molar-refractivity contribution < 1.29 is 9.59 Å². The normalized spacial score (nSPS) is 15.7. The van der Waals surface area contributed by atoms with Crippen molar-refractivity contribution in [2.45, 2.75) is 26.1 Å². The summed E-state index contributed by atoms with van der Waals surface area (Å²) >= 11 is 3.52. The molecule has 0 spiro atoms. The number of rotatable bonds is 2. The highest BCUT2D eigenvalue weighted by molar-refractivity contribution is 9.10. The van der Waals surface area contributed by atoms with Crippen molar-refractivity contribution in [3.8, 4) is 0 Å². The first-order valence-electron chi connectivity index (χ1n) is 6.06. The number of amides is 3. The van der Waals surface area contributed by atoms with Crippen molar-refractivity contribution in [1.29, 1.82) is 0 Å². The third-order valence-electron chi connectivity index (χ3n) is 3.34. The lowest BCUT2D eigenvalue weighted by atomic mass is 10.1. The Morgan fingerprint density at radius 3 is 2.74 bits per heavy atom. The van der Waals surface area contributed by atoms with Gasteiger partial charge in [0.1, 0.15) is 0 Å². The maximum atomic E-state index is 11.9. The molecule has 0 fully saturated rings. The van der Waals surface area contributed by atoms with E-state index in [0.29, 0.717) is 6.54 Å². The van der Waals surface area contributed by atoms with Crippen LogP contribution in [0.4, 0.5) is 4.79 Å². The van der Waals surface area contributed by atoms with Crippen LogP contribution in [0.3, 0.4) is 0 Å². The number of carbonyl (C=O) groups excluding carboxylic acids is 2. The monoisotopic (exact) mass is 325 g/mol. The summed E-state index contributed by atoms with van der Waals surface area (Å²) in [5.41, 5.74) is 2.43. The summed E-state index contributed by atoms with van der Waals surface area (Å²) < 4.78 is 1.06. The van der Waals surface area contributed by atoms with E-state index in [1.54, 1.807) is 6.92 Å². The molecular weight excluding hydrogens is 310 g/mol. The summed E-state index contributed by atoms with van der Waals surface area (Å²) in [5, 5.41) is 4.68. The molecule has 0 radical (unpaired) electrons. The minimum atomic E-state index is -0.477. The highest BCUT2D eigenvalue weighted by Gasteiger charge is 2.29. The summed E-state index contributed by atoms with van der Waals surface area (Å²) in [6.45, 7) is 3.23. The minimum absolute atomic E-state index is 0.289. The fourth-order valence-corrected chi connectivity index (χ4v) is 2.66. The van der Waals surface area contributed by atoms with E-state index in [0.717, 1.165) is 11.0 Å². The first-order chi connectivity index (χ1) is 9.02. The number of hydrogen-bond acceptors (Lipinski definition) is 3. The van der Waals surface area contributed by atoms with Gasteiger partial charge in [0.05, 0.1) is 6.04 Å². The number of fused-ring (bicyclic) bond motifs is 1. The molecule has 1 aromatic rings. The number of nitrogens with zero attached hydrogens (tertiary/aromatic N) is 1. The van der Waals surface area contributed by atoms with Gasteiger partial charge in [0.2, 0.25) is 5.91 Å². The van der Waals surface area contributed by atoms with Gasteiger partial charge < -0.3 is 5.32 Å². The highest BCUT2D eigenvalue weighted by atomic mass is 79.9. The summed E-state index contributed by atoms with van der Waals surface area (Å²) in [7, 11) is 1.48. The number of halogens is 1. The molecule has 3 amide bonds. The quantitative estimate of drug-likeness (QED) is 0.868. The molecule has 19 heavy (non-hydrogen) atoms. The van der Waals surface area contributed by atoms with Crippen LogP contribution in [-0.2, 0) is 17.9 Å². The Morgan fingerprint density at radius 2 is 2.11 bits per heavy atom. The molecule has 0 bridgehead atoms. The second kappa shape index (κ2) is 5.71. The van der Waals surface area contributed by atoms with Crippen molar-refractivity contribution in [1.82, 2.24) is 15.5 Å². The van der Waals surface area contributed by atoms with Gasteiger partial charge in [0.15, 0.2) is 0 Å². The van der Waals surface area contributed by atoms with Gasteiger partial charge in [0.25, 0.3) is 0 Å². The van der Waals surface area contributed by atoms with Crippen LogP contribution in [0.1, 0.15) is 18.1 Å². The predicted octanol–water partition coefficient (Wildman–Crippen LogP) is 1.61. The summed E-state index contributed by atoms with van der Waals surface area (Å²) in [5.74, 6) is -0.289. The van der Waals surface area contributed by atoms with Gasteiger partial charge in [-0.2, -0.15) is 0 Å². The van der Waals surface area contributed by atoms with E-state index in [9.17, 15) is 9.59 Å². The van der Waals surface area contributed by atoms with E-state index < -0.39 is 6.03 Å². The molecule has 0 aromatic heterocycles. The molecule has 0 aliphatic carbocycles. The summed E-state index contributed by atoms with van der Waals surface area (Å²) in [6.07, 6.45) is 0. The third kappa shape index (κ3) is 2.96. The first-order valence-corrected chi connectivity index (χ1v) is 6.85. The Bertz CT molecular complexity index is 519. The van der Waals surface area contributed by atoms with Crippen molar-refractivity contribution in [2.75, 3.05) is 7.05 Å². The second-order valence-electron chi connectivity index (χ2n) is 4.53. The zero-order chi connectivity index (χ0) is 14.0. The molecule has 1 atom stereocenters. The highest BCUT2D eigenvalue weighted by Crippen LogP contribution is 2.30. The van der Waals surface area contributed by atoms with Crippen LogP contribution in [0.2, 0.25) is 0 Å². The SMILES string of the molecule is CNC(=O)NC(=O)[C@@H](C)N1Cc2cccc(Br)c2C1. The van der Waals surface area contributed by atoms with Crippen LogP contribution in [0, 0.1) is 0 Å². The second-order valence-corrected chi connectivity index (χ2v) is 5.38. The van der Waals surface area contributed by atoms with Crippen LogP contribution in [0.25, 0.3) is 0 Å². The van der Waals surface area contributed by atoms with E-state index >= 15 is 0 Å². The van der Waals surface area contributed by atoms with Gasteiger partial charge in [-0.05, 0) is 24.1 Å². The van der Waals surface area contributed by atoms with E-state index in [-0.39, 0.29) is 11.9 Å². The molecule has 6 heteroatoms. The minimum Gasteiger partial charge on any atom is -0.341 e. The molecule has 1 heterocycles. The number of benzene rings is 1. The van der Waals surface area contributed by atoms with Gasteiger partial charge in [-0.3, -0.25) is 15.0 Å². The standard InChI is InChI=1S/C13H16BrN3O2/c1-8(12(18)16-13(19)15-2)17-6-9-4-3-5-11(14)10(9)7-17/h3-5,8H,6-7H2,1-2H3,(H2,15,16,18,19)/t8-/m1/s1. The molecule has 102 valence electrons. The van der Waals surface area contributed by atoms with E-state index in [1.807, 2.05) is 17.0 Å². The molecule has 0 unspecified atom stereocenters. The van der Waals surface area contributed by atoms with Gasteiger partial charge in [-0.25, -0.2) is 4.79 Å². The number of urea groups is 1. The van der Waals surface area contributed by atoms with Gasteiger partial charge in [-0.15, -0.1) is 0 Å². The van der Waals surface area contributed by atoms with Crippen molar-refractivity contribution >= 4 is 27.9 Å². The van der Waals surface area contributed by atoms with Gasteiger partial charge in [-0.1, -0.05) is 28.1 Å². The summed E-state index contributed by atoms with van der Waals surface area (Å²) in [4.78, 5) is 25.1. The van der Waals surface area contributed by atoms with Crippen LogP contribution in [0.15, 0.2) is 22.7 Å². The van der Waals surface area contributed by atoms with Crippen molar-refractivity contribution in [3.63, 3.8) is 0 Å². The number of carbonyl (C=O) groups is 2. The fourth-order valence-electron chi connectivity index (χ4n) is 2.12. The molecule has 5 nitrogen and oxygen atoms in total. The molecule has 1 aliphatic rings. The third-order valence-corrected chi connectivity index (χ3v) is 4.08. The number of hydrogen-bond donors (Lipinski definition) is 2. The van der Waals surface area contributed by atoms with Crippen molar-refractivity contribution in [2.24, 2.45) is 0 Å². The Morgan fingerprint density at radius 1 is 1.37 bits per heavy atom. The number of imide groups is 1. The van der Waals surface area contributed by atoms with E-state index in [1.165, 1.54) is 18.2 Å². The van der Waals surface area contributed by atoms with Gasteiger partial charge >= 0.3 is 6.03 Å². The van der Waals surface area contributed by atoms with Crippen LogP contribution >= 0.6 is 15.9 Å². The predicted molar refractivity (Wildman–Crippen MR) is 75.4 cm³/mol. The van der Waals surface area contributed by atoms with Crippen molar-refractivity contribution in [3.05, 3.63) is 33.8 Å². The lowest BCUT2D eigenvalue weighted by molar-refractivity contribution is -0.124. The largest absolute Gasteiger partial charge is 0.341 e. The van der Waals surface area contributed by atoms with Crippen LogP contribution in [-0.4, -0.2) is 29.9 Å². The Balaban J connectivity index is 2.04. The fraction of sp³-hybridized carbons (Fsp3) is 0.385. The maximum Gasteiger partial charge on any atom is 0.321 e. The average Bonchev–Trinajstić information content (AvgIpc) is 2.83. The summed E-state index contributed by atoms with van der Waals surface area (Å²) in [6, 6.07) is 5.22. The Hall–Kier alpha value is -1.40. The first kappa shape index (κ1) is 14.0. The molecular formula is C13H16BrN3O2. The molecule has 1 aliphatic heterocycles. The Labute approximate surface area is 120 Å². The molecule has 1 aromatic carbocycles. The average molecular weight is 326 g/mol. The molecule has 0 saturated carbocycles. The lowest BCUT2D eigenvalue weighted by Crippen LogP contribution is -2.47. The number of nitrogens with one attached hydrogen (secondary N) is 2. The Kier molecular flexibility index (Phi) is 4.21. The zero-order valence-corrected chi connectivity index (χ0v) is 12.5. The van der Waals surface area contributed by atoms with Crippen LogP contribution < -0.4 is 10.6 Å². The van der Waals surface area contributed by atoms with Gasteiger partial charge in [0, 0.05) is 24.6 Å². The lowest BCUT2D eigenvalue weighted by Gasteiger charge is -2.22.